The largest absolute Gasteiger partial charge is 0.492 e. The van der Waals surface area contributed by atoms with E-state index in [1.165, 1.54) is 6.07 Å². The van der Waals surface area contributed by atoms with E-state index in [2.05, 4.69) is 25.9 Å². The third-order valence-electron chi connectivity index (χ3n) is 4.78. The van der Waals surface area contributed by atoms with Crippen molar-refractivity contribution in [1.29, 1.82) is 0 Å². The number of anilines is 1. The van der Waals surface area contributed by atoms with E-state index in [4.69, 9.17) is 16.2 Å². The van der Waals surface area contributed by atoms with Crippen LogP contribution in [-0.4, -0.2) is 29.1 Å². The highest BCUT2D eigenvalue weighted by Crippen LogP contribution is 2.45. The first-order chi connectivity index (χ1) is 12.9. The van der Waals surface area contributed by atoms with E-state index in [1.54, 1.807) is 11.0 Å². The number of nitrogens with two attached hydrogens (primary N) is 2. The minimum Gasteiger partial charge on any atom is -0.492 e. The van der Waals surface area contributed by atoms with Gasteiger partial charge in [-0.3, -0.25) is 15.0 Å². The van der Waals surface area contributed by atoms with E-state index >= 15 is 0 Å². The molecule has 0 saturated heterocycles. The van der Waals surface area contributed by atoms with Gasteiger partial charge in [-0.2, -0.15) is 4.99 Å². The molecule has 1 spiro atoms. The Hall–Kier alpha value is -2.36. The van der Waals surface area contributed by atoms with Gasteiger partial charge >= 0.3 is 0 Å². The van der Waals surface area contributed by atoms with Gasteiger partial charge in [-0.05, 0) is 48.0 Å². The normalized spacial score (nSPS) is 18.8. The molecule has 10 heteroatoms. The molecule has 0 aromatic heterocycles. The summed E-state index contributed by atoms with van der Waals surface area (Å²) in [6.07, 6.45) is 5.16. The number of benzene rings is 1. The maximum atomic E-state index is 11.8. The lowest BCUT2D eigenvalue weighted by molar-refractivity contribution is -0.384. The third-order valence-corrected chi connectivity index (χ3v) is 5.40. The predicted molar refractivity (Wildman–Crippen MR) is 108 cm³/mol. The van der Waals surface area contributed by atoms with Crippen molar-refractivity contribution in [3.63, 3.8) is 0 Å². The van der Waals surface area contributed by atoms with Crippen LogP contribution in [0.4, 0.5) is 11.4 Å². The lowest BCUT2D eigenvalue weighted by Gasteiger charge is -2.45. The first-order valence-corrected chi connectivity index (χ1v) is 9.78. The molecular weight excluding hydrogens is 416 g/mol. The fourth-order valence-corrected chi connectivity index (χ4v) is 4.10. The molecule has 0 atom stereocenters. The number of nitro groups is 1. The first-order valence-electron chi connectivity index (χ1n) is 8.98. The van der Waals surface area contributed by atoms with Gasteiger partial charge < -0.3 is 16.2 Å². The summed E-state index contributed by atoms with van der Waals surface area (Å²) >= 11 is 3.36. The maximum absolute atomic E-state index is 11.8. The van der Waals surface area contributed by atoms with Gasteiger partial charge in [-0.1, -0.05) is 13.3 Å². The summed E-state index contributed by atoms with van der Waals surface area (Å²) in [7, 11) is 0. The standard InChI is InChI=1S/C17H23BrN6O3/c1-2-8-27-14-10-12(13(24(25)26)9-11(14)18)23-16(20)21-15(19)22-17(23)6-4-3-5-7-17/h9-10H,2-8H2,1H3,(H4,19,20,21,22). The summed E-state index contributed by atoms with van der Waals surface area (Å²) in [4.78, 5) is 21.6. The van der Waals surface area contributed by atoms with Crippen LogP contribution in [0, 0.1) is 10.1 Å². The van der Waals surface area contributed by atoms with E-state index in [1.807, 2.05) is 6.92 Å². The van der Waals surface area contributed by atoms with Gasteiger partial charge in [0.05, 0.1) is 16.0 Å². The third kappa shape index (κ3) is 3.71. The van der Waals surface area contributed by atoms with Crippen molar-refractivity contribution in [2.45, 2.75) is 51.1 Å². The van der Waals surface area contributed by atoms with Crippen molar-refractivity contribution in [2.75, 3.05) is 11.5 Å². The second-order valence-electron chi connectivity index (χ2n) is 6.70. The highest BCUT2D eigenvalue weighted by Gasteiger charge is 2.45. The molecule has 0 amide bonds. The number of rotatable bonds is 5. The molecule has 1 heterocycles. The van der Waals surface area contributed by atoms with Gasteiger partial charge in [0.2, 0.25) is 11.9 Å². The molecule has 1 fully saturated rings. The van der Waals surface area contributed by atoms with Gasteiger partial charge in [-0.25, -0.2) is 4.99 Å². The predicted octanol–water partition coefficient (Wildman–Crippen LogP) is 3.26. The Balaban J connectivity index is 2.16. The number of guanidine groups is 2. The summed E-state index contributed by atoms with van der Waals surface area (Å²) < 4.78 is 6.26. The molecule has 4 N–H and O–H groups in total. The van der Waals surface area contributed by atoms with Crippen molar-refractivity contribution in [1.82, 2.24) is 0 Å². The Morgan fingerprint density at radius 3 is 2.67 bits per heavy atom. The Morgan fingerprint density at radius 2 is 2.04 bits per heavy atom. The number of ether oxygens (including phenoxy) is 1. The molecule has 1 saturated carbocycles. The Morgan fingerprint density at radius 1 is 1.33 bits per heavy atom. The number of hydrogen-bond donors (Lipinski definition) is 2. The first kappa shape index (κ1) is 19.4. The molecule has 27 heavy (non-hydrogen) atoms. The van der Waals surface area contributed by atoms with Gasteiger partial charge in [0.25, 0.3) is 5.69 Å². The average Bonchev–Trinajstić information content (AvgIpc) is 2.61. The Bertz CT molecular complexity index is 804. The van der Waals surface area contributed by atoms with Gasteiger partial charge in [-0.15, -0.1) is 0 Å². The fraction of sp³-hybridized carbons (Fsp3) is 0.529. The quantitative estimate of drug-likeness (QED) is 0.535. The Kier molecular flexibility index (Phi) is 5.54. The zero-order valence-electron chi connectivity index (χ0n) is 15.2. The highest BCUT2D eigenvalue weighted by atomic mass is 79.9. The average molecular weight is 439 g/mol. The molecule has 1 aromatic carbocycles. The van der Waals surface area contributed by atoms with Crippen LogP contribution in [-0.2, 0) is 0 Å². The minimum atomic E-state index is -0.755. The molecule has 0 radical (unpaired) electrons. The maximum Gasteiger partial charge on any atom is 0.294 e. The minimum absolute atomic E-state index is 0.0931. The zero-order valence-corrected chi connectivity index (χ0v) is 16.7. The molecule has 1 aromatic rings. The molecule has 146 valence electrons. The summed E-state index contributed by atoms with van der Waals surface area (Å²) in [6, 6.07) is 3.07. The lowest BCUT2D eigenvalue weighted by Crippen LogP contribution is -2.58. The van der Waals surface area contributed by atoms with E-state index in [0.717, 1.165) is 25.7 Å². The van der Waals surface area contributed by atoms with Crippen LogP contribution in [0.3, 0.4) is 0 Å². The topological polar surface area (TPSA) is 132 Å². The SMILES string of the molecule is CCCOc1cc(N2C(N)=NC(N)=NC23CCCCC3)c([N+](=O)[O-])cc1Br. The smallest absolute Gasteiger partial charge is 0.294 e. The number of hydrogen-bond acceptors (Lipinski definition) is 8. The van der Waals surface area contributed by atoms with Crippen molar-refractivity contribution in [2.24, 2.45) is 21.5 Å². The van der Waals surface area contributed by atoms with Crippen LogP contribution in [0.5, 0.6) is 5.75 Å². The van der Waals surface area contributed by atoms with Gasteiger partial charge in [0.15, 0.2) is 0 Å². The number of aliphatic imine (C=N–C) groups is 2. The molecule has 0 unspecified atom stereocenters. The van der Waals surface area contributed by atoms with Crippen molar-refractivity contribution >= 4 is 39.2 Å². The van der Waals surface area contributed by atoms with Crippen LogP contribution in [0.2, 0.25) is 0 Å². The van der Waals surface area contributed by atoms with E-state index in [-0.39, 0.29) is 17.6 Å². The summed E-state index contributed by atoms with van der Waals surface area (Å²) in [5.41, 5.74) is 11.5. The number of nitro benzene ring substituents is 1. The lowest BCUT2D eigenvalue weighted by atomic mass is 9.87. The molecule has 9 nitrogen and oxygen atoms in total. The Labute approximate surface area is 165 Å². The van der Waals surface area contributed by atoms with Crippen molar-refractivity contribution in [3.05, 3.63) is 26.7 Å². The van der Waals surface area contributed by atoms with E-state index in [0.29, 0.717) is 35.4 Å². The molecule has 3 rings (SSSR count). The van der Waals surface area contributed by atoms with Crippen molar-refractivity contribution in [3.8, 4) is 5.75 Å². The summed E-state index contributed by atoms with van der Waals surface area (Å²) in [5.74, 6) is 0.725. The number of halogens is 1. The van der Waals surface area contributed by atoms with Crippen molar-refractivity contribution < 1.29 is 9.66 Å². The summed E-state index contributed by atoms with van der Waals surface area (Å²) in [5, 5.41) is 11.8. The van der Waals surface area contributed by atoms with Gasteiger partial charge in [0.1, 0.15) is 17.1 Å². The van der Waals surface area contributed by atoms with Crippen LogP contribution in [0.1, 0.15) is 45.4 Å². The van der Waals surface area contributed by atoms with E-state index < -0.39 is 10.6 Å². The van der Waals surface area contributed by atoms with Crippen LogP contribution >= 0.6 is 15.9 Å². The monoisotopic (exact) mass is 438 g/mol. The molecular formula is C17H23BrN6O3. The second kappa shape index (κ2) is 7.71. The highest BCUT2D eigenvalue weighted by molar-refractivity contribution is 9.10. The second-order valence-corrected chi connectivity index (χ2v) is 7.55. The molecule has 0 bridgehead atoms. The van der Waals surface area contributed by atoms with Crippen LogP contribution in [0.15, 0.2) is 26.6 Å². The summed E-state index contributed by atoms with van der Waals surface area (Å²) in [6.45, 7) is 2.49. The zero-order chi connectivity index (χ0) is 19.6. The van der Waals surface area contributed by atoms with Crippen LogP contribution < -0.4 is 21.1 Å². The van der Waals surface area contributed by atoms with Crippen LogP contribution in [0.25, 0.3) is 0 Å². The van der Waals surface area contributed by atoms with Gasteiger partial charge in [0, 0.05) is 12.1 Å². The van der Waals surface area contributed by atoms with E-state index in [9.17, 15) is 10.1 Å². The number of nitrogens with zero attached hydrogens (tertiary/aromatic N) is 4. The molecule has 1 aliphatic heterocycles. The molecule has 2 aliphatic rings. The fourth-order valence-electron chi connectivity index (χ4n) is 3.65. The molecule has 1 aliphatic carbocycles.